The number of fused-ring (bicyclic) bond motifs is 1. The number of carbonyl (C=O) groups excluding carboxylic acids is 1. The van der Waals surface area contributed by atoms with Crippen LogP contribution in [0.5, 0.6) is 0 Å². The number of nitrogens with zero attached hydrogens (tertiary/aromatic N) is 1. The maximum atomic E-state index is 12.5. The Morgan fingerprint density at radius 3 is 2.70 bits per heavy atom. The molecule has 5 nitrogen and oxygen atoms in total. The molecule has 0 aromatic carbocycles. The largest absolute Gasteiger partial charge is 0.437 e. The third-order valence-corrected chi connectivity index (χ3v) is 7.03. The normalized spacial score (nSPS) is 35.7. The molecule has 0 unspecified atom stereocenters. The molecular weight excluding hydrogens is 338 g/mol. The van der Waals surface area contributed by atoms with E-state index in [9.17, 15) is 4.79 Å². The minimum absolute atomic E-state index is 0.0699. The number of nitrogens with one attached hydrogen (secondary N) is 2. The fraction of sp³-hybridized carbons (Fsp3) is 0.455. The lowest BCUT2D eigenvalue weighted by atomic mass is 9.54. The average molecular weight is 361 g/mol. The van der Waals surface area contributed by atoms with E-state index in [-0.39, 0.29) is 5.78 Å². The van der Waals surface area contributed by atoms with Gasteiger partial charge in [0, 0.05) is 35.5 Å². The highest BCUT2D eigenvalue weighted by atomic mass is 16.5. The molecule has 0 amide bonds. The Bertz CT molecular complexity index is 958. The van der Waals surface area contributed by atoms with Gasteiger partial charge in [-0.3, -0.25) is 4.79 Å². The summed E-state index contributed by atoms with van der Waals surface area (Å²) >= 11 is 0. The molecule has 4 bridgehead atoms. The molecule has 138 valence electrons. The van der Waals surface area contributed by atoms with Crippen LogP contribution in [-0.4, -0.2) is 21.8 Å². The van der Waals surface area contributed by atoms with Crippen molar-refractivity contribution in [2.45, 2.75) is 38.1 Å². The van der Waals surface area contributed by atoms with Gasteiger partial charge in [0.1, 0.15) is 5.65 Å². The van der Waals surface area contributed by atoms with Gasteiger partial charge in [0.05, 0.1) is 0 Å². The summed E-state index contributed by atoms with van der Waals surface area (Å²) in [7, 11) is 0. The Hall–Kier alpha value is -2.56. The van der Waals surface area contributed by atoms with Gasteiger partial charge in [-0.1, -0.05) is 0 Å². The second-order valence-corrected chi connectivity index (χ2v) is 8.73. The molecule has 0 atom stereocenters. The van der Waals surface area contributed by atoms with Gasteiger partial charge in [-0.25, -0.2) is 4.98 Å². The second kappa shape index (κ2) is 5.72. The van der Waals surface area contributed by atoms with Crippen molar-refractivity contribution in [1.29, 1.82) is 0 Å². The van der Waals surface area contributed by atoms with Crippen LogP contribution in [0.1, 0.15) is 37.7 Å². The first-order valence-corrected chi connectivity index (χ1v) is 10.1. The molecule has 4 saturated carbocycles. The third-order valence-electron chi connectivity index (χ3n) is 7.03. The van der Waals surface area contributed by atoms with Crippen molar-refractivity contribution < 1.29 is 9.53 Å². The predicted molar refractivity (Wildman–Crippen MR) is 102 cm³/mol. The Morgan fingerprint density at radius 2 is 1.93 bits per heavy atom. The summed E-state index contributed by atoms with van der Waals surface area (Å²) in [6, 6.07) is 4.35. The van der Waals surface area contributed by atoms with Crippen LogP contribution in [0.4, 0.5) is 0 Å². The highest BCUT2D eigenvalue weighted by Crippen LogP contribution is 2.54. The summed E-state index contributed by atoms with van der Waals surface area (Å²) in [4.78, 5) is 19.9. The molecule has 3 heterocycles. The molecule has 2 N–H and O–H groups in total. The molecule has 27 heavy (non-hydrogen) atoms. The van der Waals surface area contributed by atoms with E-state index in [1.807, 2.05) is 24.4 Å². The van der Waals surface area contributed by atoms with Crippen molar-refractivity contribution >= 4 is 22.9 Å². The summed E-state index contributed by atoms with van der Waals surface area (Å²) < 4.78 is 5.93. The first kappa shape index (κ1) is 15.5. The third kappa shape index (κ3) is 2.52. The van der Waals surface area contributed by atoms with Gasteiger partial charge in [0.2, 0.25) is 5.78 Å². The van der Waals surface area contributed by atoms with Crippen LogP contribution in [0, 0.1) is 23.7 Å². The quantitative estimate of drug-likeness (QED) is 0.817. The maximum Gasteiger partial charge on any atom is 0.226 e. The molecular formula is C22H23N3O2. The number of ketones is 1. The molecule has 4 fully saturated rings. The van der Waals surface area contributed by atoms with E-state index in [2.05, 4.69) is 15.3 Å². The topological polar surface area (TPSA) is 67.0 Å². The van der Waals surface area contributed by atoms with Crippen molar-refractivity contribution in [3.63, 3.8) is 0 Å². The second-order valence-electron chi connectivity index (χ2n) is 8.73. The first-order valence-electron chi connectivity index (χ1n) is 10.1. The van der Waals surface area contributed by atoms with E-state index in [1.165, 1.54) is 32.1 Å². The number of ether oxygens (including phenoxy) is 1. The van der Waals surface area contributed by atoms with Crippen LogP contribution in [0.3, 0.4) is 0 Å². The van der Waals surface area contributed by atoms with Crippen molar-refractivity contribution in [3.05, 3.63) is 47.8 Å². The van der Waals surface area contributed by atoms with Crippen LogP contribution in [0.15, 0.2) is 42.2 Å². The molecule has 2 aromatic heterocycles. The number of hydrogen-bond donors (Lipinski definition) is 2. The number of aromatic amines is 1. The van der Waals surface area contributed by atoms with Crippen LogP contribution < -0.4 is 5.32 Å². The van der Waals surface area contributed by atoms with Gasteiger partial charge in [0.25, 0.3) is 0 Å². The highest BCUT2D eigenvalue weighted by molar-refractivity contribution is 6.08. The molecule has 5 aliphatic rings. The summed E-state index contributed by atoms with van der Waals surface area (Å²) in [6.45, 7) is 0. The van der Waals surface area contributed by atoms with Crippen molar-refractivity contribution in [2.75, 3.05) is 0 Å². The minimum Gasteiger partial charge on any atom is -0.437 e. The van der Waals surface area contributed by atoms with Crippen molar-refractivity contribution in [2.24, 2.45) is 23.7 Å². The number of allylic oxidation sites excluding steroid dienone is 1. The van der Waals surface area contributed by atoms with Gasteiger partial charge >= 0.3 is 0 Å². The average Bonchev–Trinajstić information content (AvgIpc) is 3.22. The fourth-order valence-corrected chi connectivity index (χ4v) is 6.12. The van der Waals surface area contributed by atoms with Gasteiger partial charge in [-0.2, -0.15) is 0 Å². The Kier molecular flexibility index (Phi) is 3.28. The Morgan fingerprint density at radius 1 is 1.15 bits per heavy atom. The minimum atomic E-state index is -0.0699. The van der Waals surface area contributed by atoms with E-state index >= 15 is 0 Å². The number of rotatable bonds is 3. The van der Waals surface area contributed by atoms with Gasteiger partial charge < -0.3 is 15.0 Å². The zero-order valence-electron chi connectivity index (χ0n) is 15.2. The van der Waals surface area contributed by atoms with E-state index in [4.69, 9.17) is 4.74 Å². The molecule has 5 heteroatoms. The summed E-state index contributed by atoms with van der Waals surface area (Å²) in [5.41, 5.74) is 1.74. The van der Waals surface area contributed by atoms with Crippen LogP contribution in [0.2, 0.25) is 0 Å². The fourth-order valence-electron chi connectivity index (χ4n) is 6.12. The van der Waals surface area contributed by atoms with Crippen LogP contribution in [-0.2, 0) is 9.53 Å². The lowest BCUT2D eigenvalue weighted by Gasteiger charge is -2.54. The highest BCUT2D eigenvalue weighted by Gasteiger charge is 2.48. The summed E-state index contributed by atoms with van der Waals surface area (Å²) in [6.07, 6.45) is 13.9. The number of hydrogen-bond acceptors (Lipinski definition) is 4. The van der Waals surface area contributed by atoms with E-state index in [0.29, 0.717) is 17.7 Å². The van der Waals surface area contributed by atoms with Gasteiger partial charge in [-0.15, -0.1) is 0 Å². The standard InChI is InChI=1S/C22H23N3O2/c26-18-10-20(25-21-14-5-12-4-13(7-14)8-15(21)6-12)27-19(18)9-16-11-24-22-17(16)2-1-3-23-22/h1-3,9-15,21,25H,4-8H2,(H,23,24). The Balaban J connectivity index is 1.21. The SMILES string of the molecule is O=C1C=C(NC2C3CC4CC(C3)CC2C4)OC1=Cc1c[nH]c2ncccc12. The van der Waals surface area contributed by atoms with E-state index < -0.39 is 0 Å². The monoisotopic (exact) mass is 361 g/mol. The Labute approximate surface area is 157 Å². The number of H-pyrrole nitrogens is 1. The van der Waals surface area contributed by atoms with Gasteiger partial charge in [0.15, 0.2) is 11.6 Å². The molecule has 1 aliphatic heterocycles. The molecule has 4 aliphatic carbocycles. The molecule has 7 rings (SSSR count). The first-order chi connectivity index (χ1) is 13.2. The number of pyridine rings is 1. The lowest BCUT2D eigenvalue weighted by molar-refractivity contribution is -0.112. The lowest BCUT2D eigenvalue weighted by Crippen LogP contribution is -2.54. The molecule has 0 saturated heterocycles. The van der Waals surface area contributed by atoms with Crippen LogP contribution >= 0.6 is 0 Å². The van der Waals surface area contributed by atoms with Crippen molar-refractivity contribution in [1.82, 2.24) is 15.3 Å². The summed E-state index contributed by atoms with van der Waals surface area (Å²) in [5.74, 6) is 4.31. The van der Waals surface area contributed by atoms with Crippen molar-refractivity contribution in [3.8, 4) is 0 Å². The van der Waals surface area contributed by atoms with E-state index in [0.717, 1.165) is 40.3 Å². The smallest absolute Gasteiger partial charge is 0.226 e. The zero-order chi connectivity index (χ0) is 18.0. The molecule has 2 aromatic rings. The molecule has 0 radical (unpaired) electrons. The number of carbonyl (C=O) groups is 1. The van der Waals surface area contributed by atoms with Gasteiger partial charge in [-0.05, 0) is 74.0 Å². The number of aromatic nitrogens is 2. The van der Waals surface area contributed by atoms with Crippen LogP contribution in [0.25, 0.3) is 17.1 Å². The predicted octanol–water partition coefficient (Wildman–Crippen LogP) is 3.76. The summed E-state index contributed by atoms with van der Waals surface area (Å²) in [5, 5.41) is 4.58. The maximum absolute atomic E-state index is 12.5. The van der Waals surface area contributed by atoms with E-state index in [1.54, 1.807) is 12.3 Å². The zero-order valence-corrected chi connectivity index (χ0v) is 15.2. The molecule has 0 spiro atoms.